The molecule has 1 saturated heterocycles. The monoisotopic (exact) mass is 837 g/mol. The fraction of sp³-hybridized carbons (Fsp3) is 0.304. The molecule has 3 aromatic carbocycles. The van der Waals surface area contributed by atoms with E-state index in [0.29, 0.717) is 17.2 Å². The molecule has 0 spiro atoms. The van der Waals surface area contributed by atoms with Crippen molar-refractivity contribution in [3.05, 3.63) is 140 Å². The Morgan fingerprint density at radius 3 is 1.75 bits per heavy atom. The zero-order chi connectivity index (χ0) is 42.2. The lowest BCUT2D eigenvalue weighted by molar-refractivity contribution is 0.313. The van der Waals surface area contributed by atoms with E-state index >= 15 is 0 Å². The molecule has 3 aliphatic rings. The van der Waals surface area contributed by atoms with Gasteiger partial charge in [0, 0.05) is 90.2 Å². The van der Waals surface area contributed by atoms with Crippen molar-refractivity contribution in [3.63, 3.8) is 0 Å². The second-order valence-electron chi connectivity index (χ2n) is 15.6. The third-order valence-electron chi connectivity index (χ3n) is 12.0. The number of anilines is 3. The summed E-state index contributed by atoms with van der Waals surface area (Å²) in [5.74, 6) is 2.05. The highest BCUT2D eigenvalue weighted by atomic mass is 32.2. The predicted molar refractivity (Wildman–Crippen MR) is 238 cm³/mol. The van der Waals surface area contributed by atoms with E-state index in [-0.39, 0.29) is 28.4 Å². The van der Waals surface area contributed by atoms with E-state index in [9.17, 15) is 13.8 Å². The van der Waals surface area contributed by atoms with Gasteiger partial charge in [-0.3, -0.25) is 22.9 Å². The molecule has 0 radical (unpaired) electrons. The lowest BCUT2D eigenvalue weighted by atomic mass is 10.1. The Kier molecular flexibility index (Phi) is 11.1. The Morgan fingerprint density at radius 2 is 1.21 bits per heavy atom. The lowest BCUT2D eigenvalue weighted by Crippen LogP contribution is -2.44. The summed E-state index contributed by atoms with van der Waals surface area (Å²) < 4.78 is 26.4. The summed E-state index contributed by atoms with van der Waals surface area (Å²) in [4.78, 5) is 48.5. The van der Waals surface area contributed by atoms with Crippen LogP contribution >= 0.6 is 0 Å². The second-order valence-corrected chi connectivity index (χ2v) is 16.9. The fourth-order valence-corrected chi connectivity index (χ4v) is 9.34. The van der Waals surface area contributed by atoms with Gasteiger partial charge in [0.05, 0.1) is 37.1 Å². The number of aromatic nitrogens is 6. The number of aryl methyl sites for hydroxylation is 2. The van der Waals surface area contributed by atoms with Gasteiger partial charge in [-0.15, -0.1) is 0 Å². The largest absolute Gasteiger partial charge is 0.496 e. The molecule has 0 amide bonds. The molecule has 14 nitrogen and oxygen atoms in total. The van der Waals surface area contributed by atoms with Gasteiger partial charge in [-0.1, -0.05) is 24.3 Å². The number of ether oxygens (including phenoxy) is 2. The summed E-state index contributed by atoms with van der Waals surface area (Å²) >= 11 is 0. The normalized spacial score (nSPS) is 17.7. The quantitative estimate of drug-likeness (QED) is 0.182. The smallest absolute Gasteiger partial charge is 0.252 e. The molecule has 1 aliphatic heterocycles. The first-order valence-electron chi connectivity index (χ1n) is 20.4. The van der Waals surface area contributed by atoms with E-state index in [2.05, 4.69) is 73.5 Å². The van der Waals surface area contributed by atoms with E-state index in [0.717, 1.165) is 90.9 Å². The number of hydrogen-bond donors (Lipinski definition) is 1. The van der Waals surface area contributed by atoms with Crippen LogP contribution < -0.4 is 30.8 Å². The topological polar surface area (TPSA) is 150 Å². The number of nitrogens with zero attached hydrogens (tertiary/aromatic N) is 8. The number of nitrogens with one attached hydrogen (secondary N) is 1. The molecule has 2 aliphatic carbocycles. The van der Waals surface area contributed by atoms with Crippen LogP contribution in [0.4, 0.5) is 17.3 Å². The Balaban J connectivity index is 0.000000167. The van der Waals surface area contributed by atoms with Crippen LogP contribution in [-0.2, 0) is 23.6 Å². The standard InChI is InChI=1S/C28H30N6O2.C18H17N3O3S/c1-32-14-16-33(17-15-32)22-10-8-21(9-11-22)30-28-29-18-20-7-13-25(35)34(27(20)31-28)23-12-6-19-4-3-5-24(36-2)26(19)23;1-24-14-5-3-4-11-6-8-13(16(11)14)21-15(22)9-7-12-10-19-18(25(2)23)20-17(12)21/h3-5,7-11,13,18,23H,6,12,14-17H2,1-2H3,(H,29,30,31);3-5,7,9-10,13H,6,8H2,1-2H3. The van der Waals surface area contributed by atoms with Gasteiger partial charge in [-0.05, 0) is 92.4 Å². The highest BCUT2D eigenvalue weighted by Crippen LogP contribution is 2.42. The maximum atomic E-state index is 13.1. The SMILES string of the molecule is COc1cccc2c1C(n1c(=O)ccc3cnc(Nc4ccc(N5CCN(C)CC5)cc4)nc31)CC2.COc1cccc2c1C(n1c(=O)ccc3cnc(S(C)=O)nc31)CC2. The third kappa shape index (κ3) is 7.74. The molecule has 1 N–H and O–H groups in total. The van der Waals surface area contributed by atoms with Gasteiger partial charge in [-0.2, -0.15) is 4.98 Å². The van der Waals surface area contributed by atoms with Crippen LogP contribution in [0.2, 0.25) is 0 Å². The number of pyridine rings is 2. The maximum Gasteiger partial charge on any atom is 0.252 e. The van der Waals surface area contributed by atoms with Gasteiger partial charge in [-0.25, -0.2) is 15.0 Å². The van der Waals surface area contributed by atoms with Crippen molar-refractivity contribution in [1.29, 1.82) is 0 Å². The van der Waals surface area contributed by atoms with E-state index in [1.807, 2.05) is 24.3 Å². The van der Waals surface area contributed by atoms with Crippen molar-refractivity contribution in [2.75, 3.05) is 63.9 Å². The third-order valence-corrected chi connectivity index (χ3v) is 12.7. The minimum absolute atomic E-state index is 0.0764. The molecule has 4 aromatic heterocycles. The summed E-state index contributed by atoms with van der Waals surface area (Å²) in [5, 5.41) is 5.13. The van der Waals surface area contributed by atoms with Gasteiger partial charge in [0.2, 0.25) is 11.1 Å². The minimum atomic E-state index is -1.31. The van der Waals surface area contributed by atoms with Gasteiger partial charge in [0.25, 0.3) is 11.1 Å². The first-order valence-corrected chi connectivity index (χ1v) is 22.0. The first kappa shape index (κ1) is 40.0. The number of methoxy groups -OCH3 is 2. The van der Waals surface area contributed by atoms with Crippen molar-refractivity contribution < 1.29 is 13.7 Å². The van der Waals surface area contributed by atoms with E-state index in [4.69, 9.17) is 14.5 Å². The van der Waals surface area contributed by atoms with Crippen LogP contribution in [0, 0.1) is 0 Å². The summed E-state index contributed by atoms with van der Waals surface area (Å²) in [6.07, 6.45) is 8.32. The summed E-state index contributed by atoms with van der Waals surface area (Å²) in [5.41, 5.74) is 7.54. The van der Waals surface area contributed by atoms with Gasteiger partial charge in [0.15, 0.2) is 0 Å². The molecular weight excluding hydrogens is 791 g/mol. The Hall–Kier alpha value is -6.45. The van der Waals surface area contributed by atoms with Crippen molar-refractivity contribution in [2.45, 2.75) is 42.9 Å². The molecule has 15 heteroatoms. The zero-order valence-electron chi connectivity index (χ0n) is 34.6. The molecule has 0 bridgehead atoms. The zero-order valence-corrected chi connectivity index (χ0v) is 35.4. The van der Waals surface area contributed by atoms with E-state index in [1.165, 1.54) is 29.1 Å². The highest BCUT2D eigenvalue weighted by Gasteiger charge is 2.31. The molecule has 312 valence electrons. The van der Waals surface area contributed by atoms with Crippen LogP contribution in [0.5, 0.6) is 11.5 Å². The van der Waals surface area contributed by atoms with Crippen molar-refractivity contribution in [2.24, 2.45) is 0 Å². The van der Waals surface area contributed by atoms with E-state index < -0.39 is 10.8 Å². The van der Waals surface area contributed by atoms with Gasteiger partial charge in [0.1, 0.15) is 22.8 Å². The van der Waals surface area contributed by atoms with Crippen LogP contribution in [-0.4, -0.2) is 91.9 Å². The maximum absolute atomic E-state index is 13.1. The van der Waals surface area contributed by atoms with Crippen LogP contribution in [0.15, 0.2) is 112 Å². The molecular formula is C46H47N9O5S. The number of hydrogen-bond acceptors (Lipinski definition) is 12. The van der Waals surface area contributed by atoms with Crippen molar-refractivity contribution >= 4 is 50.2 Å². The molecule has 0 saturated carbocycles. The van der Waals surface area contributed by atoms with Crippen molar-refractivity contribution in [1.82, 2.24) is 34.0 Å². The van der Waals surface area contributed by atoms with Crippen LogP contribution in [0.1, 0.15) is 47.2 Å². The average Bonchev–Trinajstić information content (AvgIpc) is 3.92. The molecule has 5 heterocycles. The molecule has 3 unspecified atom stereocenters. The number of rotatable bonds is 8. The summed E-state index contributed by atoms with van der Waals surface area (Å²) in [6, 6.07) is 26.7. The number of benzene rings is 3. The molecule has 61 heavy (non-hydrogen) atoms. The number of fused-ring (bicyclic) bond motifs is 4. The molecule has 3 atom stereocenters. The van der Waals surface area contributed by atoms with Gasteiger partial charge < -0.3 is 24.6 Å². The van der Waals surface area contributed by atoms with Crippen LogP contribution in [0.3, 0.4) is 0 Å². The molecule has 7 aromatic rings. The lowest BCUT2D eigenvalue weighted by Gasteiger charge is -2.34. The summed E-state index contributed by atoms with van der Waals surface area (Å²) in [6.45, 7) is 4.21. The second kappa shape index (κ2) is 16.9. The fourth-order valence-electron chi connectivity index (χ4n) is 8.93. The Morgan fingerprint density at radius 1 is 0.672 bits per heavy atom. The van der Waals surface area contributed by atoms with Crippen molar-refractivity contribution in [3.8, 4) is 11.5 Å². The Bertz CT molecular complexity index is 2910. The number of piperazine rings is 1. The minimum Gasteiger partial charge on any atom is -0.496 e. The average molecular weight is 838 g/mol. The van der Waals surface area contributed by atoms with Crippen LogP contribution in [0.25, 0.3) is 22.1 Å². The first-order chi connectivity index (χ1) is 29.7. The number of likely N-dealkylation sites (N-methyl/N-ethyl adjacent to an activating group) is 1. The van der Waals surface area contributed by atoms with E-state index in [1.54, 1.807) is 53.9 Å². The molecule has 10 rings (SSSR count). The molecule has 1 fully saturated rings. The highest BCUT2D eigenvalue weighted by molar-refractivity contribution is 7.84. The predicted octanol–water partition coefficient (Wildman–Crippen LogP) is 5.90. The Labute approximate surface area is 355 Å². The van der Waals surface area contributed by atoms with Gasteiger partial charge >= 0.3 is 0 Å². The summed E-state index contributed by atoms with van der Waals surface area (Å²) in [7, 11) is 4.16.